The Hall–Kier alpha value is -2.09. The van der Waals surface area contributed by atoms with Crippen molar-refractivity contribution in [1.29, 1.82) is 0 Å². The molecule has 0 aliphatic carbocycles. The number of nitrogens with one attached hydrogen (secondary N) is 2. The molecule has 0 saturated heterocycles. The first kappa shape index (κ1) is 16.0. The van der Waals surface area contributed by atoms with Gasteiger partial charge >= 0.3 is 12.0 Å². The van der Waals surface area contributed by atoms with E-state index in [1.165, 1.54) is 24.5 Å². The molecule has 0 bridgehead atoms. The summed E-state index contributed by atoms with van der Waals surface area (Å²) in [7, 11) is 1.50. The predicted octanol–water partition coefficient (Wildman–Crippen LogP) is -0.182. The van der Waals surface area contributed by atoms with Crippen LogP contribution < -0.4 is 5.32 Å². The molecule has 0 fully saturated rings. The summed E-state index contributed by atoms with van der Waals surface area (Å²) in [5, 5.41) is 20.8. The van der Waals surface area contributed by atoms with Gasteiger partial charge in [-0.3, -0.25) is 0 Å². The smallest absolute Gasteiger partial charge is 0.326 e. The number of carboxylic acids is 1. The number of hydrogen-bond donors (Lipinski definition) is 4. The van der Waals surface area contributed by atoms with Crippen molar-refractivity contribution in [3.05, 3.63) is 18.2 Å². The molecular weight excluding hydrogens is 264 g/mol. The Morgan fingerprint density at radius 1 is 1.55 bits per heavy atom. The van der Waals surface area contributed by atoms with Gasteiger partial charge in [0, 0.05) is 25.4 Å². The molecule has 1 rings (SSSR count). The van der Waals surface area contributed by atoms with Crippen molar-refractivity contribution in [2.24, 2.45) is 0 Å². The van der Waals surface area contributed by atoms with Crippen molar-refractivity contribution < 1.29 is 19.8 Å². The number of aliphatic hydroxyl groups excluding tert-OH is 1. The number of carbonyl (C=O) groups excluding carboxylic acids is 1. The summed E-state index contributed by atoms with van der Waals surface area (Å²) in [4.78, 5) is 31.0. The lowest BCUT2D eigenvalue weighted by atomic mass is 10.1. The number of aliphatic hydroxyl groups is 1. The number of aromatic amines is 1. The number of nitrogens with zero attached hydrogens (tertiary/aromatic N) is 2. The van der Waals surface area contributed by atoms with Crippen LogP contribution in [0, 0.1) is 0 Å². The van der Waals surface area contributed by atoms with E-state index >= 15 is 0 Å². The Kier molecular flexibility index (Phi) is 5.09. The highest BCUT2D eigenvalue weighted by Gasteiger charge is 2.30. The third-order valence-corrected chi connectivity index (χ3v) is 3.17. The number of amides is 2. The van der Waals surface area contributed by atoms with Crippen LogP contribution in [0.15, 0.2) is 12.5 Å². The Morgan fingerprint density at radius 3 is 2.65 bits per heavy atom. The van der Waals surface area contributed by atoms with E-state index in [0.29, 0.717) is 5.69 Å². The zero-order chi connectivity index (χ0) is 15.3. The van der Waals surface area contributed by atoms with E-state index in [1.54, 1.807) is 13.8 Å². The second-order valence-corrected chi connectivity index (χ2v) is 5.15. The fourth-order valence-electron chi connectivity index (χ4n) is 1.44. The first-order chi connectivity index (χ1) is 9.27. The number of likely N-dealkylation sites (N-methyl/N-ethyl adjacent to an activating group) is 1. The maximum atomic E-state index is 12.0. The highest BCUT2D eigenvalue weighted by Crippen LogP contribution is 2.11. The molecule has 0 aliphatic rings. The largest absolute Gasteiger partial charge is 0.480 e. The lowest BCUT2D eigenvalue weighted by Crippen LogP contribution is -2.55. The second-order valence-electron chi connectivity index (χ2n) is 5.15. The molecule has 4 N–H and O–H groups in total. The number of H-pyrrole nitrogens is 1. The average Bonchev–Trinajstić information content (AvgIpc) is 2.89. The molecule has 0 radical (unpaired) electrons. The van der Waals surface area contributed by atoms with Crippen LogP contribution in [-0.4, -0.2) is 62.3 Å². The summed E-state index contributed by atoms with van der Waals surface area (Å²) in [6.07, 6.45) is 3.05. The van der Waals surface area contributed by atoms with Crippen LogP contribution in [0.3, 0.4) is 0 Å². The molecule has 1 atom stereocenters. The molecule has 112 valence electrons. The molecule has 1 unspecified atom stereocenters. The highest BCUT2D eigenvalue weighted by atomic mass is 16.4. The highest BCUT2D eigenvalue weighted by molar-refractivity contribution is 5.83. The molecule has 0 aromatic carbocycles. The van der Waals surface area contributed by atoms with Gasteiger partial charge in [-0.25, -0.2) is 14.6 Å². The van der Waals surface area contributed by atoms with Crippen molar-refractivity contribution in [3.63, 3.8) is 0 Å². The number of carboxylic acid groups (broad SMARTS) is 1. The summed E-state index contributed by atoms with van der Waals surface area (Å²) >= 11 is 0. The van der Waals surface area contributed by atoms with Gasteiger partial charge in [0.05, 0.1) is 18.5 Å². The van der Waals surface area contributed by atoms with E-state index < -0.39 is 23.6 Å². The molecule has 8 heteroatoms. The quantitative estimate of drug-likeness (QED) is 0.578. The zero-order valence-electron chi connectivity index (χ0n) is 11.8. The third kappa shape index (κ3) is 3.95. The fourth-order valence-corrected chi connectivity index (χ4v) is 1.44. The molecule has 0 saturated carbocycles. The predicted molar refractivity (Wildman–Crippen MR) is 71.2 cm³/mol. The number of carbonyl (C=O) groups is 2. The van der Waals surface area contributed by atoms with Gasteiger partial charge in [-0.05, 0) is 13.8 Å². The molecular formula is C12H20N4O4. The van der Waals surface area contributed by atoms with Gasteiger partial charge in [0.25, 0.3) is 0 Å². The normalized spacial score (nSPS) is 12.8. The van der Waals surface area contributed by atoms with Gasteiger partial charge in [0.2, 0.25) is 0 Å². The Labute approximate surface area is 116 Å². The maximum Gasteiger partial charge on any atom is 0.326 e. The van der Waals surface area contributed by atoms with Gasteiger partial charge in [-0.15, -0.1) is 0 Å². The molecule has 1 aromatic heterocycles. The third-order valence-electron chi connectivity index (χ3n) is 3.17. The molecule has 8 nitrogen and oxygen atoms in total. The van der Waals surface area contributed by atoms with Gasteiger partial charge in [-0.2, -0.15) is 0 Å². The molecule has 0 aliphatic heterocycles. The van der Waals surface area contributed by atoms with Crippen LogP contribution in [0.25, 0.3) is 0 Å². The van der Waals surface area contributed by atoms with Crippen LogP contribution in [0.5, 0.6) is 0 Å². The van der Waals surface area contributed by atoms with Crippen LogP contribution in [0.2, 0.25) is 0 Å². The van der Waals surface area contributed by atoms with Crippen LogP contribution in [-0.2, 0) is 11.2 Å². The summed E-state index contributed by atoms with van der Waals surface area (Å²) in [6, 6.07) is -1.63. The van der Waals surface area contributed by atoms with E-state index in [-0.39, 0.29) is 13.0 Å². The molecule has 1 aromatic rings. The van der Waals surface area contributed by atoms with Crippen molar-refractivity contribution in [2.45, 2.75) is 31.8 Å². The summed E-state index contributed by atoms with van der Waals surface area (Å²) in [6.45, 7) is 3.13. The molecule has 2 amide bonds. The van der Waals surface area contributed by atoms with Crippen molar-refractivity contribution in [3.8, 4) is 0 Å². The number of urea groups is 1. The Bertz CT molecular complexity index is 458. The Morgan fingerprint density at radius 2 is 2.20 bits per heavy atom. The summed E-state index contributed by atoms with van der Waals surface area (Å²) < 4.78 is 0. The van der Waals surface area contributed by atoms with E-state index in [1.807, 2.05) is 0 Å². The average molecular weight is 284 g/mol. The monoisotopic (exact) mass is 284 g/mol. The first-order valence-corrected chi connectivity index (χ1v) is 6.13. The summed E-state index contributed by atoms with van der Waals surface area (Å²) in [5.74, 6) is -1.14. The van der Waals surface area contributed by atoms with E-state index in [2.05, 4.69) is 15.3 Å². The number of hydrogen-bond acceptors (Lipinski definition) is 4. The molecule has 0 spiro atoms. The SMILES string of the molecule is CN(C(=O)NC(Cc1cnc[nH]1)C(=O)O)C(C)(C)CO. The first-order valence-electron chi connectivity index (χ1n) is 6.13. The van der Waals surface area contributed by atoms with Gasteiger partial charge < -0.3 is 25.4 Å². The van der Waals surface area contributed by atoms with Crippen LogP contribution >= 0.6 is 0 Å². The summed E-state index contributed by atoms with van der Waals surface area (Å²) in [5.41, 5.74) is -0.164. The lowest BCUT2D eigenvalue weighted by molar-refractivity contribution is -0.139. The minimum absolute atomic E-state index is 0.106. The van der Waals surface area contributed by atoms with Crippen LogP contribution in [0.1, 0.15) is 19.5 Å². The number of imidazole rings is 1. The van der Waals surface area contributed by atoms with E-state index in [0.717, 1.165) is 0 Å². The van der Waals surface area contributed by atoms with E-state index in [4.69, 9.17) is 5.11 Å². The fraction of sp³-hybridized carbons (Fsp3) is 0.583. The maximum absolute atomic E-state index is 12.0. The van der Waals surface area contributed by atoms with Crippen molar-refractivity contribution in [2.75, 3.05) is 13.7 Å². The van der Waals surface area contributed by atoms with E-state index in [9.17, 15) is 14.7 Å². The van der Waals surface area contributed by atoms with Gasteiger partial charge in [-0.1, -0.05) is 0 Å². The minimum Gasteiger partial charge on any atom is -0.480 e. The lowest BCUT2D eigenvalue weighted by Gasteiger charge is -2.34. The topological polar surface area (TPSA) is 119 Å². The zero-order valence-corrected chi connectivity index (χ0v) is 11.8. The molecule has 20 heavy (non-hydrogen) atoms. The Balaban J connectivity index is 2.71. The van der Waals surface area contributed by atoms with Crippen molar-refractivity contribution in [1.82, 2.24) is 20.2 Å². The minimum atomic E-state index is -1.14. The number of aliphatic carboxylic acids is 1. The van der Waals surface area contributed by atoms with Crippen LogP contribution in [0.4, 0.5) is 4.79 Å². The second kappa shape index (κ2) is 6.38. The van der Waals surface area contributed by atoms with Crippen molar-refractivity contribution >= 4 is 12.0 Å². The standard InChI is InChI=1S/C12H20N4O4/c1-12(2,6-17)16(3)11(20)15-9(10(18)19)4-8-5-13-7-14-8/h5,7,9,17H,4,6H2,1-3H3,(H,13,14)(H,15,20)(H,18,19). The molecule has 1 heterocycles. The van der Waals surface area contributed by atoms with Gasteiger partial charge in [0.1, 0.15) is 6.04 Å². The number of rotatable bonds is 6. The van der Waals surface area contributed by atoms with Gasteiger partial charge in [0.15, 0.2) is 0 Å². The number of aromatic nitrogens is 2.